The van der Waals surface area contributed by atoms with Gasteiger partial charge in [-0.25, -0.2) is 0 Å². The second-order valence-corrected chi connectivity index (χ2v) is 4.91. The van der Waals surface area contributed by atoms with Crippen LogP contribution in [0.3, 0.4) is 0 Å². The number of carboxylic acid groups (broad SMARTS) is 1. The summed E-state index contributed by atoms with van der Waals surface area (Å²) in [6.45, 7) is 9.83. The van der Waals surface area contributed by atoms with E-state index >= 15 is 0 Å². The zero-order chi connectivity index (χ0) is 14.0. The van der Waals surface area contributed by atoms with E-state index in [9.17, 15) is 9.90 Å². The van der Waals surface area contributed by atoms with Crippen LogP contribution in [0, 0.1) is 0 Å². The highest BCUT2D eigenvalue weighted by Gasteiger charge is 2.32. The molecular formula is C13H27NO4. The summed E-state index contributed by atoms with van der Waals surface area (Å²) in [4.78, 5) is 11.2. The van der Waals surface area contributed by atoms with Crippen molar-refractivity contribution in [3.63, 3.8) is 0 Å². The zero-order valence-electron chi connectivity index (χ0n) is 12.0. The van der Waals surface area contributed by atoms with Gasteiger partial charge in [-0.3, -0.25) is 10.1 Å². The van der Waals surface area contributed by atoms with Gasteiger partial charge >= 0.3 is 5.97 Å². The van der Waals surface area contributed by atoms with Crippen LogP contribution in [0.2, 0.25) is 0 Å². The molecule has 0 aliphatic heterocycles. The molecule has 0 amide bonds. The highest BCUT2D eigenvalue weighted by Crippen LogP contribution is 2.11. The Morgan fingerprint density at radius 3 is 2.22 bits per heavy atom. The van der Waals surface area contributed by atoms with E-state index in [2.05, 4.69) is 12.2 Å². The average molecular weight is 261 g/mol. The molecule has 1 atom stereocenters. The Bertz CT molecular complexity index is 233. The maximum atomic E-state index is 11.2. The monoisotopic (exact) mass is 261 g/mol. The number of carboxylic acids is 1. The van der Waals surface area contributed by atoms with Gasteiger partial charge in [0.2, 0.25) is 0 Å². The van der Waals surface area contributed by atoms with Crippen LogP contribution in [0.1, 0.15) is 40.5 Å². The predicted molar refractivity (Wildman–Crippen MR) is 70.9 cm³/mol. The lowest BCUT2D eigenvalue weighted by molar-refractivity contribution is -0.145. The molecule has 0 aliphatic carbocycles. The number of aliphatic carboxylic acids is 1. The lowest BCUT2D eigenvalue weighted by Gasteiger charge is -2.28. The molecule has 0 rings (SSSR count). The molecule has 18 heavy (non-hydrogen) atoms. The van der Waals surface area contributed by atoms with Gasteiger partial charge in [-0.05, 0) is 33.6 Å². The first kappa shape index (κ1) is 17.4. The first-order chi connectivity index (χ1) is 8.42. The number of ether oxygens (including phenoxy) is 2. The molecule has 0 radical (unpaired) electrons. The molecule has 5 heteroatoms. The minimum Gasteiger partial charge on any atom is -0.480 e. The second kappa shape index (κ2) is 9.30. The summed E-state index contributed by atoms with van der Waals surface area (Å²) in [6, 6.07) is 0.124. The highest BCUT2D eigenvalue weighted by atomic mass is 16.5. The fraction of sp³-hybridized carbons (Fsp3) is 0.923. The van der Waals surface area contributed by atoms with Gasteiger partial charge in [-0.15, -0.1) is 0 Å². The number of nitrogens with one attached hydrogen (secondary N) is 1. The van der Waals surface area contributed by atoms with Crippen molar-refractivity contribution in [1.82, 2.24) is 5.32 Å². The van der Waals surface area contributed by atoms with E-state index in [-0.39, 0.29) is 6.04 Å². The molecule has 0 bridgehead atoms. The first-order valence-corrected chi connectivity index (χ1v) is 6.59. The van der Waals surface area contributed by atoms with Crippen LogP contribution in [-0.4, -0.2) is 49.1 Å². The number of hydrogen-bond donors (Lipinski definition) is 2. The van der Waals surface area contributed by atoms with Crippen molar-refractivity contribution < 1.29 is 19.4 Å². The van der Waals surface area contributed by atoms with Gasteiger partial charge < -0.3 is 14.6 Å². The normalized spacial score (nSPS) is 14.7. The third-order valence-corrected chi connectivity index (χ3v) is 2.55. The number of rotatable bonds is 11. The van der Waals surface area contributed by atoms with Crippen molar-refractivity contribution in [2.75, 3.05) is 26.4 Å². The molecule has 108 valence electrons. The largest absolute Gasteiger partial charge is 0.480 e. The SMILES string of the molecule is CCCOCCOCCC(C)(NC(C)C)C(=O)O. The standard InChI is InChI=1S/C13H27NO4/c1-5-7-17-9-10-18-8-6-13(4,12(15)16)14-11(2)3/h11,14H,5-10H2,1-4H3,(H,15,16). The van der Waals surface area contributed by atoms with E-state index in [0.29, 0.717) is 26.2 Å². The van der Waals surface area contributed by atoms with Crippen LogP contribution in [0.4, 0.5) is 0 Å². The maximum Gasteiger partial charge on any atom is 0.323 e. The molecule has 0 aliphatic rings. The van der Waals surface area contributed by atoms with Crippen LogP contribution < -0.4 is 5.32 Å². The van der Waals surface area contributed by atoms with Crippen LogP contribution >= 0.6 is 0 Å². The molecule has 0 heterocycles. The average Bonchev–Trinajstić information content (AvgIpc) is 2.26. The van der Waals surface area contributed by atoms with Gasteiger partial charge in [0.15, 0.2) is 0 Å². The van der Waals surface area contributed by atoms with Crippen LogP contribution in [0.5, 0.6) is 0 Å². The third kappa shape index (κ3) is 7.63. The van der Waals surface area contributed by atoms with Gasteiger partial charge in [-0.1, -0.05) is 6.92 Å². The summed E-state index contributed by atoms with van der Waals surface area (Å²) >= 11 is 0. The minimum atomic E-state index is -0.932. The van der Waals surface area contributed by atoms with Crippen LogP contribution in [0.25, 0.3) is 0 Å². The molecule has 5 nitrogen and oxygen atoms in total. The summed E-state index contributed by atoms with van der Waals surface area (Å²) in [5.41, 5.74) is -0.932. The van der Waals surface area contributed by atoms with Crippen molar-refractivity contribution in [2.45, 2.75) is 52.1 Å². The second-order valence-electron chi connectivity index (χ2n) is 4.91. The molecule has 0 spiro atoms. The molecule has 0 aromatic heterocycles. The molecule has 0 aromatic carbocycles. The Hall–Kier alpha value is -0.650. The third-order valence-electron chi connectivity index (χ3n) is 2.55. The smallest absolute Gasteiger partial charge is 0.323 e. The van der Waals surface area contributed by atoms with Crippen LogP contribution in [-0.2, 0) is 14.3 Å². The zero-order valence-corrected chi connectivity index (χ0v) is 12.0. The maximum absolute atomic E-state index is 11.2. The quantitative estimate of drug-likeness (QED) is 0.554. The molecule has 0 saturated carbocycles. The summed E-state index contributed by atoms with van der Waals surface area (Å²) < 4.78 is 10.6. The van der Waals surface area contributed by atoms with Crippen molar-refractivity contribution in [3.05, 3.63) is 0 Å². The molecule has 0 aromatic rings. The fourth-order valence-electron chi connectivity index (χ4n) is 1.62. The lowest BCUT2D eigenvalue weighted by atomic mass is 9.97. The highest BCUT2D eigenvalue weighted by molar-refractivity contribution is 5.78. The Morgan fingerprint density at radius 2 is 1.78 bits per heavy atom. The Kier molecular flexibility index (Phi) is 8.97. The Balaban J connectivity index is 3.81. The van der Waals surface area contributed by atoms with E-state index in [0.717, 1.165) is 13.0 Å². The van der Waals surface area contributed by atoms with Crippen molar-refractivity contribution in [2.24, 2.45) is 0 Å². The topological polar surface area (TPSA) is 67.8 Å². The van der Waals surface area contributed by atoms with Gasteiger partial charge in [0.05, 0.1) is 13.2 Å². The number of hydrogen-bond acceptors (Lipinski definition) is 4. The Labute approximate surface area is 110 Å². The van der Waals surface area contributed by atoms with Gasteiger partial charge in [-0.2, -0.15) is 0 Å². The molecule has 0 fully saturated rings. The fourth-order valence-corrected chi connectivity index (χ4v) is 1.62. The van der Waals surface area contributed by atoms with E-state index in [1.807, 2.05) is 13.8 Å². The van der Waals surface area contributed by atoms with E-state index in [1.165, 1.54) is 0 Å². The predicted octanol–water partition coefficient (Wildman–Crippen LogP) is 1.66. The van der Waals surface area contributed by atoms with E-state index in [4.69, 9.17) is 9.47 Å². The summed E-state index contributed by atoms with van der Waals surface area (Å²) in [7, 11) is 0. The van der Waals surface area contributed by atoms with Crippen LogP contribution in [0.15, 0.2) is 0 Å². The minimum absolute atomic E-state index is 0.124. The van der Waals surface area contributed by atoms with Crippen molar-refractivity contribution in [3.8, 4) is 0 Å². The summed E-state index contributed by atoms with van der Waals surface area (Å²) in [5.74, 6) is -0.845. The first-order valence-electron chi connectivity index (χ1n) is 6.59. The molecule has 1 unspecified atom stereocenters. The summed E-state index contributed by atoms with van der Waals surface area (Å²) in [5, 5.41) is 12.3. The number of carbonyl (C=O) groups is 1. The molecule has 0 saturated heterocycles. The summed E-state index contributed by atoms with van der Waals surface area (Å²) in [6.07, 6.45) is 1.43. The van der Waals surface area contributed by atoms with Gasteiger partial charge in [0.1, 0.15) is 5.54 Å². The molecular weight excluding hydrogens is 234 g/mol. The van der Waals surface area contributed by atoms with Gasteiger partial charge in [0.25, 0.3) is 0 Å². The Morgan fingerprint density at radius 1 is 1.22 bits per heavy atom. The molecule has 2 N–H and O–H groups in total. The van der Waals surface area contributed by atoms with Crippen molar-refractivity contribution in [1.29, 1.82) is 0 Å². The van der Waals surface area contributed by atoms with Crippen molar-refractivity contribution >= 4 is 5.97 Å². The van der Waals surface area contributed by atoms with Gasteiger partial charge in [0, 0.05) is 19.3 Å². The van der Waals surface area contributed by atoms with E-state index in [1.54, 1.807) is 6.92 Å². The lowest BCUT2D eigenvalue weighted by Crippen LogP contribution is -2.53. The van der Waals surface area contributed by atoms with E-state index < -0.39 is 11.5 Å².